The Kier molecular flexibility index (Phi) is 12.6. The molecule has 0 aliphatic carbocycles. The van der Waals surface area contributed by atoms with E-state index in [-0.39, 0.29) is 13.0 Å². The van der Waals surface area contributed by atoms with Gasteiger partial charge in [-0.05, 0) is 46.5 Å². The van der Waals surface area contributed by atoms with Crippen LogP contribution in [0.1, 0.15) is 46.5 Å². The molecule has 0 aromatic carbocycles. The predicted octanol–water partition coefficient (Wildman–Crippen LogP) is -4.64. The molecule has 2 fully saturated rings. The molecular weight excluding hydrogens is 558 g/mol. The van der Waals surface area contributed by atoms with Crippen LogP contribution in [0.5, 0.6) is 0 Å². The second-order valence-corrected chi connectivity index (χ2v) is 10.5. The molecule has 0 spiro atoms. The van der Waals surface area contributed by atoms with Crippen LogP contribution in [0.25, 0.3) is 0 Å². The largest absolute Gasteiger partial charge is 0.480 e. The summed E-state index contributed by atoms with van der Waals surface area (Å²) in [7, 11) is 0. The number of rotatable bonds is 13. The molecule has 0 aromatic rings. The van der Waals surface area contributed by atoms with Crippen LogP contribution in [-0.2, 0) is 33.6 Å². The molecule has 0 bridgehead atoms. The highest BCUT2D eigenvalue weighted by Crippen LogP contribution is 2.19. The Balaban J connectivity index is 1.92. The molecule has 2 aliphatic rings. The normalized spacial score (nSPS) is 21.9. The molecule has 17 nitrogen and oxygen atoms in total. The van der Waals surface area contributed by atoms with Crippen molar-refractivity contribution in [2.45, 2.75) is 88.8 Å². The number of carboxylic acids is 1. The molecule has 9 N–H and O–H groups in total. The highest BCUT2D eigenvalue weighted by Gasteiger charge is 2.38. The number of nitrogens with one attached hydrogen (secondary N) is 4. The molecule has 0 radical (unpaired) electrons. The maximum absolute atomic E-state index is 12.8. The van der Waals surface area contributed by atoms with Gasteiger partial charge in [-0.3, -0.25) is 28.8 Å². The van der Waals surface area contributed by atoms with Crippen LogP contribution in [0, 0.1) is 0 Å². The zero-order valence-corrected chi connectivity index (χ0v) is 23.9. The average molecular weight is 600 g/mol. The van der Waals surface area contributed by atoms with Gasteiger partial charge < -0.3 is 52.1 Å². The number of aliphatic hydroxyl groups excluding tert-OH is 2. The number of carboxylic acid groups (broad SMARTS) is 1. The van der Waals surface area contributed by atoms with E-state index in [1.54, 1.807) is 0 Å². The van der Waals surface area contributed by atoms with E-state index in [9.17, 15) is 48.9 Å². The van der Waals surface area contributed by atoms with Crippen molar-refractivity contribution in [3.05, 3.63) is 0 Å². The van der Waals surface area contributed by atoms with E-state index in [0.29, 0.717) is 25.8 Å². The Morgan fingerprint density at radius 3 is 1.95 bits per heavy atom. The number of likely N-dealkylation sites (tertiary alicyclic amines) is 2. The van der Waals surface area contributed by atoms with Crippen molar-refractivity contribution in [1.29, 1.82) is 0 Å². The van der Waals surface area contributed by atoms with E-state index in [1.165, 1.54) is 25.7 Å². The summed E-state index contributed by atoms with van der Waals surface area (Å²) in [5.74, 6) is -5.63. The molecule has 17 heteroatoms. The van der Waals surface area contributed by atoms with Crippen molar-refractivity contribution >= 4 is 41.4 Å². The number of carbonyl (C=O) groups is 7. The van der Waals surface area contributed by atoms with Crippen LogP contribution in [-0.4, -0.2) is 135 Å². The first-order valence-corrected chi connectivity index (χ1v) is 13.8. The number of aliphatic carboxylic acids is 1. The third-order valence-corrected chi connectivity index (χ3v) is 7.10. The molecule has 42 heavy (non-hydrogen) atoms. The van der Waals surface area contributed by atoms with E-state index in [4.69, 9.17) is 5.73 Å². The first-order chi connectivity index (χ1) is 19.7. The molecule has 2 heterocycles. The van der Waals surface area contributed by atoms with E-state index < -0.39 is 96.9 Å². The topological polar surface area (TPSA) is 261 Å². The number of aliphatic hydroxyl groups is 2. The number of hydrogen-bond donors (Lipinski definition) is 8. The average Bonchev–Trinajstić information content (AvgIpc) is 3.62. The fourth-order valence-electron chi connectivity index (χ4n) is 4.85. The highest BCUT2D eigenvalue weighted by molar-refractivity contribution is 5.96. The molecule has 2 rings (SSSR count). The molecule has 0 saturated carbocycles. The second-order valence-electron chi connectivity index (χ2n) is 10.5. The Hall–Kier alpha value is -3.83. The molecule has 0 unspecified atom stereocenters. The Labute approximate surface area is 242 Å². The Morgan fingerprint density at radius 2 is 1.43 bits per heavy atom. The van der Waals surface area contributed by atoms with E-state index in [0.717, 1.165) is 4.90 Å². The smallest absolute Gasteiger partial charge is 0.326 e. The molecule has 2 saturated heterocycles. The van der Waals surface area contributed by atoms with Gasteiger partial charge in [-0.1, -0.05) is 0 Å². The van der Waals surface area contributed by atoms with Crippen molar-refractivity contribution in [3.8, 4) is 0 Å². The summed E-state index contributed by atoms with van der Waals surface area (Å²) in [6.07, 6.45) is 0.274. The van der Waals surface area contributed by atoms with Gasteiger partial charge in [-0.25, -0.2) is 4.79 Å². The Bertz CT molecular complexity index is 1050. The Morgan fingerprint density at radius 1 is 0.857 bits per heavy atom. The van der Waals surface area contributed by atoms with Gasteiger partial charge in [0, 0.05) is 13.1 Å². The lowest BCUT2D eigenvalue weighted by Gasteiger charge is -2.28. The van der Waals surface area contributed by atoms with Crippen LogP contribution in [0.4, 0.5) is 0 Å². The summed E-state index contributed by atoms with van der Waals surface area (Å²) in [6, 6.07) is -6.94. The van der Waals surface area contributed by atoms with Crippen LogP contribution in [0.2, 0.25) is 0 Å². The number of nitrogens with two attached hydrogens (primary N) is 1. The predicted molar refractivity (Wildman–Crippen MR) is 144 cm³/mol. The number of nitrogens with zero attached hydrogens (tertiary/aromatic N) is 2. The lowest BCUT2D eigenvalue weighted by molar-refractivity contribution is -0.149. The van der Waals surface area contributed by atoms with Gasteiger partial charge in [-0.2, -0.15) is 0 Å². The first-order valence-electron chi connectivity index (χ1n) is 13.8. The number of hydrogen-bond acceptors (Lipinski definition) is 10. The third-order valence-electron chi connectivity index (χ3n) is 7.10. The fourth-order valence-corrected chi connectivity index (χ4v) is 4.85. The lowest BCUT2D eigenvalue weighted by Crippen LogP contribution is -2.60. The minimum absolute atomic E-state index is 0.203. The van der Waals surface area contributed by atoms with Crippen LogP contribution >= 0.6 is 0 Å². The van der Waals surface area contributed by atoms with Gasteiger partial charge in [0.25, 0.3) is 0 Å². The summed E-state index contributed by atoms with van der Waals surface area (Å²) in [6.45, 7) is 3.12. The van der Waals surface area contributed by atoms with Crippen LogP contribution in [0.3, 0.4) is 0 Å². The van der Waals surface area contributed by atoms with Crippen molar-refractivity contribution < 1.29 is 48.9 Å². The first kappa shape index (κ1) is 34.4. The number of amides is 6. The molecule has 236 valence electrons. The van der Waals surface area contributed by atoms with Gasteiger partial charge in [0.2, 0.25) is 35.4 Å². The zero-order valence-electron chi connectivity index (χ0n) is 23.9. The third kappa shape index (κ3) is 8.83. The quantitative estimate of drug-likeness (QED) is 0.0998. The minimum atomic E-state index is -1.59. The van der Waals surface area contributed by atoms with Crippen molar-refractivity contribution in [1.82, 2.24) is 31.1 Å². The molecule has 7 atom stereocenters. The van der Waals surface area contributed by atoms with Gasteiger partial charge in [-0.15, -0.1) is 0 Å². The highest BCUT2D eigenvalue weighted by atomic mass is 16.4. The van der Waals surface area contributed by atoms with Gasteiger partial charge in [0.05, 0.1) is 25.3 Å². The van der Waals surface area contributed by atoms with E-state index in [1.807, 2.05) is 0 Å². The number of carbonyl (C=O) groups excluding carboxylic acids is 6. The maximum Gasteiger partial charge on any atom is 0.326 e. The summed E-state index contributed by atoms with van der Waals surface area (Å²) >= 11 is 0. The van der Waals surface area contributed by atoms with E-state index in [2.05, 4.69) is 21.3 Å². The van der Waals surface area contributed by atoms with Crippen LogP contribution in [0.15, 0.2) is 0 Å². The lowest BCUT2D eigenvalue weighted by atomic mass is 10.1. The van der Waals surface area contributed by atoms with Crippen molar-refractivity contribution in [2.75, 3.05) is 26.2 Å². The van der Waals surface area contributed by atoms with E-state index >= 15 is 0 Å². The minimum Gasteiger partial charge on any atom is -0.480 e. The second kappa shape index (κ2) is 15.4. The van der Waals surface area contributed by atoms with Crippen LogP contribution < -0.4 is 27.0 Å². The molecule has 2 aliphatic heterocycles. The molecule has 6 amide bonds. The van der Waals surface area contributed by atoms with Gasteiger partial charge in [0.1, 0.15) is 30.2 Å². The fraction of sp³-hybridized carbons (Fsp3) is 0.720. The SMILES string of the molecule is C[C@H](N)C(=O)N1CCC[C@H]1C(=O)NCC(=O)N[C@@H](CO)C(=O)N[C@H](C(=O)N[C@@H](C)C(=O)N1CCC[C@H]1C(=O)O)[C@@H](C)O. The maximum atomic E-state index is 12.8. The summed E-state index contributed by atoms with van der Waals surface area (Å²) in [5.41, 5.74) is 5.62. The molecular formula is C25H41N7O10. The molecule has 0 aromatic heterocycles. The van der Waals surface area contributed by atoms with Crippen molar-refractivity contribution in [3.63, 3.8) is 0 Å². The zero-order chi connectivity index (χ0) is 31.7. The monoisotopic (exact) mass is 599 g/mol. The van der Waals surface area contributed by atoms with Crippen molar-refractivity contribution in [2.24, 2.45) is 5.73 Å². The summed E-state index contributed by atoms with van der Waals surface area (Å²) in [4.78, 5) is 89.3. The van der Waals surface area contributed by atoms with Gasteiger partial charge in [0.15, 0.2) is 0 Å². The van der Waals surface area contributed by atoms with Gasteiger partial charge >= 0.3 is 5.97 Å². The standard InChI is InChI=1S/C25H41N7O10/c1-12(26)23(39)31-8-4-6-16(31)21(37)27-10-18(35)29-15(11-33)20(36)30-19(14(3)34)22(38)28-13(2)24(40)32-9-5-7-17(32)25(41)42/h12-17,19,33-34H,4-11,26H2,1-3H3,(H,27,37)(H,28,38)(H,29,35)(H,30,36)(H,41,42)/t12-,13-,14+,15-,16-,17-,19-/m0/s1. The summed E-state index contributed by atoms with van der Waals surface area (Å²) in [5, 5.41) is 38.2. The summed E-state index contributed by atoms with van der Waals surface area (Å²) < 4.78 is 0.